The van der Waals surface area contributed by atoms with Crippen LogP contribution in [-0.2, 0) is 14.9 Å². The zero-order valence-corrected chi connectivity index (χ0v) is 11.6. The second kappa shape index (κ2) is 5.31. The summed E-state index contributed by atoms with van der Waals surface area (Å²) in [6, 6.07) is 7.60. The summed E-state index contributed by atoms with van der Waals surface area (Å²) >= 11 is 0. The Morgan fingerprint density at radius 3 is 2.21 bits per heavy atom. The Labute approximate surface area is 113 Å². The molecule has 0 bridgehead atoms. The number of benzene rings is 1. The summed E-state index contributed by atoms with van der Waals surface area (Å²) in [7, 11) is 1.68. The van der Waals surface area contributed by atoms with Crippen LogP contribution in [0.3, 0.4) is 0 Å². The van der Waals surface area contributed by atoms with Gasteiger partial charge in [0.05, 0.1) is 18.6 Å². The van der Waals surface area contributed by atoms with E-state index in [1.54, 1.807) is 7.05 Å². The van der Waals surface area contributed by atoms with E-state index in [2.05, 4.69) is 31.3 Å². The molecule has 1 heterocycles. The van der Waals surface area contributed by atoms with Gasteiger partial charge in [-0.25, -0.2) is 0 Å². The molecular formula is C15H21NO3. The Bertz CT molecular complexity index is 449. The van der Waals surface area contributed by atoms with E-state index in [1.165, 1.54) is 5.56 Å². The fourth-order valence-electron chi connectivity index (χ4n) is 2.66. The molecule has 4 heteroatoms. The van der Waals surface area contributed by atoms with E-state index >= 15 is 0 Å². The maximum atomic E-state index is 11.4. The first kappa shape index (κ1) is 14.0. The lowest BCUT2D eigenvalue weighted by molar-refractivity contribution is -0.150. The summed E-state index contributed by atoms with van der Waals surface area (Å²) in [4.78, 5) is 11.4. The van der Waals surface area contributed by atoms with Gasteiger partial charge in [-0.15, -0.1) is 0 Å². The quantitative estimate of drug-likeness (QED) is 0.849. The van der Waals surface area contributed by atoms with Crippen molar-refractivity contribution in [1.82, 2.24) is 5.32 Å². The van der Waals surface area contributed by atoms with Gasteiger partial charge in [0, 0.05) is 0 Å². The van der Waals surface area contributed by atoms with Gasteiger partial charge >= 0.3 is 5.97 Å². The number of ether oxygens (including phenoxy) is 1. The monoisotopic (exact) mass is 263 g/mol. The molecular weight excluding hydrogens is 242 g/mol. The van der Waals surface area contributed by atoms with E-state index in [0.717, 1.165) is 5.56 Å². The highest BCUT2D eigenvalue weighted by Crippen LogP contribution is 2.36. The van der Waals surface area contributed by atoms with Crippen molar-refractivity contribution < 1.29 is 14.6 Å². The molecule has 1 aromatic rings. The Hall–Kier alpha value is -1.39. The SMILES string of the molecule is CNC(C(=O)O)C1(c2ccc(C(C)C)cc2)COC1. The number of rotatable bonds is 5. The van der Waals surface area contributed by atoms with Crippen LogP contribution in [0.15, 0.2) is 24.3 Å². The van der Waals surface area contributed by atoms with Gasteiger partial charge in [0.25, 0.3) is 0 Å². The average Bonchev–Trinajstić information content (AvgIpc) is 2.33. The summed E-state index contributed by atoms with van der Waals surface area (Å²) in [5, 5.41) is 12.3. The van der Waals surface area contributed by atoms with Gasteiger partial charge in [-0.05, 0) is 24.1 Å². The molecule has 1 atom stereocenters. The number of nitrogens with one attached hydrogen (secondary N) is 1. The molecule has 0 aliphatic carbocycles. The van der Waals surface area contributed by atoms with Crippen LogP contribution in [0.5, 0.6) is 0 Å². The number of hydrogen-bond donors (Lipinski definition) is 2. The molecule has 1 unspecified atom stereocenters. The van der Waals surface area contributed by atoms with Crippen molar-refractivity contribution in [3.63, 3.8) is 0 Å². The molecule has 0 aromatic heterocycles. The van der Waals surface area contributed by atoms with Crippen molar-refractivity contribution in [3.8, 4) is 0 Å². The van der Waals surface area contributed by atoms with Crippen molar-refractivity contribution in [2.45, 2.75) is 31.2 Å². The average molecular weight is 263 g/mol. The van der Waals surface area contributed by atoms with Crippen molar-refractivity contribution in [3.05, 3.63) is 35.4 Å². The van der Waals surface area contributed by atoms with Gasteiger partial charge < -0.3 is 15.2 Å². The lowest BCUT2D eigenvalue weighted by Crippen LogP contribution is -2.62. The largest absolute Gasteiger partial charge is 0.480 e. The molecule has 2 N–H and O–H groups in total. The number of carbonyl (C=O) groups is 1. The Morgan fingerprint density at radius 2 is 1.89 bits per heavy atom. The number of likely N-dealkylation sites (N-methyl/N-ethyl adjacent to an activating group) is 1. The summed E-state index contributed by atoms with van der Waals surface area (Å²) in [5.74, 6) is -0.360. The Kier molecular flexibility index (Phi) is 3.92. The minimum Gasteiger partial charge on any atom is -0.480 e. The van der Waals surface area contributed by atoms with Gasteiger partial charge in [-0.1, -0.05) is 38.1 Å². The summed E-state index contributed by atoms with van der Waals surface area (Å²) in [5.41, 5.74) is 1.84. The summed E-state index contributed by atoms with van der Waals surface area (Å²) in [6.45, 7) is 5.19. The Morgan fingerprint density at radius 1 is 1.32 bits per heavy atom. The van der Waals surface area contributed by atoms with E-state index in [0.29, 0.717) is 19.1 Å². The van der Waals surface area contributed by atoms with Crippen molar-refractivity contribution in [1.29, 1.82) is 0 Å². The lowest BCUT2D eigenvalue weighted by Gasteiger charge is -2.45. The molecule has 1 fully saturated rings. The minimum absolute atomic E-state index is 0.448. The third kappa shape index (κ3) is 2.38. The van der Waals surface area contributed by atoms with Crippen LogP contribution in [0.1, 0.15) is 30.9 Å². The smallest absolute Gasteiger partial charge is 0.321 e. The molecule has 1 aromatic carbocycles. The number of hydrogen-bond acceptors (Lipinski definition) is 3. The molecule has 0 amide bonds. The number of carboxylic acids is 1. The molecule has 0 spiro atoms. The molecule has 2 rings (SSSR count). The molecule has 1 saturated heterocycles. The van der Waals surface area contributed by atoms with Gasteiger partial charge in [-0.2, -0.15) is 0 Å². The maximum Gasteiger partial charge on any atom is 0.321 e. The third-order valence-electron chi connectivity index (χ3n) is 3.96. The van der Waals surface area contributed by atoms with Crippen molar-refractivity contribution in [2.75, 3.05) is 20.3 Å². The molecule has 0 radical (unpaired) electrons. The van der Waals surface area contributed by atoms with Gasteiger partial charge in [0.2, 0.25) is 0 Å². The van der Waals surface area contributed by atoms with Crippen LogP contribution >= 0.6 is 0 Å². The van der Waals surface area contributed by atoms with Crippen LogP contribution in [-0.4, -0.2) is 37.4 Å². The topological polar surface area (TPSA) is 58.6 Å². The van der Waals surface area contributed by atoms with E-state index in [1.807, 2.05) is 12.1 Å². The normalized spacial score (nSPS) is 18.9. The van der Waals surface area contributed by atoms with Crippen LogP contribution in [0.25, 0.3) is 0 Å². The minimum atomic E-state index is -0.835. The van der Waals surface area contributed by atoms with Crippen LogP contribution in [0, 0.1) is 0 Å². The molecule has 0 saturated carbocycles. The second-order valence-corrected chi connectivity index (χ2v) is 5.49. The predicted octanol–water partition coefficient (Wildman–Crippen LogP) is 1.75. The predicted molar refractivity (Wildman–Crippen MR) is 73.5 cm³/mol. The van der Waals surface area contributed by atoms with Crippen molar-refractivity contribution in [2.24, 2.45) is 0 Å². The van der Waals surface area contributed by atoms with Crippen LogP contribution in [0.4, 0.5) is 0 Å². The number of aliphatic carboxylic acids is 1. The zero-order valence-electron chi connectivity index (χ0n) is 11.6. The molecule has 4 nitrogen and oxygen atoms in total. The maximum absolute atomic E-state index is 11.4. The summed E-state index contributed by atoms with van der Waals surface area (Å²) < 4.78 is 5.30. The van der Waals surface area contributed by atoms with Gasteiger partial charge in [0.15, 0.2) is 0 Å². The molecule has 1 aliphatic rings. The van der Waals surface area contributed by atoms with E-state index in [9.17, 15) is 9.90 Å². The van der Waals surface area contributed by atoms with E-state index in [-0.39, 0.29) is 0 Å². The highest BCUT2D eigenvalue weighted by molar-refractivity contribution is 5.76. The van der Waals surface area contributed by atoms with Crippen LogP contribution < -0.4 is 5.32 Å². The summed E-state index contributed by atoms with van der Waals surface area (Å²) in [6.07, 6.45) is 0. The van der Waals surface area contributed by atoms with Crippen LogP contribution in [0.2, 0.25) is 0 Å². The van der Waals surface area contributed by atoms with Gasteiger partial charge in [-0.3, -0.25) is 4.79 Å². The van der Waals surface area contributed by atoms with E-state index in [4.69, 9.17) is 4.74 Å². The molecule has 104 valence electrons. The van der Waals surface area contributed by atoms with Crippen molar-refractivity contribution >= 4 is 5.97 Å². The fourth-order valence-corrected chi connectivity index (χ4v) is 2.66. The third-order valence-corrected chi connectivity index (χ3v) is 3.96. The standard InChI is InChI=1S/C15H21NO3/c1-10(2)11-4-6-12(7-5-11)15(8-19-9-15)13(16-3)14(17)18/h4-7,10,13,16H,8-9H2,1-3H3,(H,17,18). The zero-order chi connectivity index (χ0) is 14.0. The highest BCUT2D eigenvalue weighted by Gasteiger charge is 2.50. The Balaban J connectivity index is 2.33. The van der Waals surface area contributed by atoms with Gasteiger partial charge in [0.1, 0.15) is 6.04 Å². The second-order valence-electron chi connectivity index (χ2n) is 5.49. The first-order chi connectivity index (χ1) is 9.01. The fraction of sp³-hybridized carbons (Fsp3) is 0.533. The first-order valence-corrected chi connectivity index (χ1v) is 6.59. The molecule has 19 heavy (non-hydrogen) atoms. The first-order valence-electron chi connectivity index (χ1n) is 6.59. The number of carboxylic acid groups (broad SMARTS) is 1. The molecule has 1 aliphatic heterocycles. The highest BCUT2D eigenvalue weighted by atomic mass is 16.5. The lowest BCUT2D eigenvalue weighted by atomic mass is 9.72. The van der Waals surface area contributed by atoms with E-state index < -0.39 is 17.4 Å².